The van der Waals surface area contributed by atoms with Crippen LogP contribution in [0.1, 0.15) is 22.3 Å². The Morgan fingerprint density at radius 1 is 1.11 bits per heavy atom. The highest BCUT2D eigenvalue weighted by atomic mass is 14.7. The van der Waals surface area contributed by atoms with E-state index in [0.717, 1.165) is 24.1 Å². The largest absolute Gasteiger partial charge is 0.398 e. The molecule has 3 nitrogen and oxygen atoms in total. The number of benzene rings is 1. The van der Waals surface area contributed by atoms with Gasteiger partial charge in [-0.3, -0.25) is 4.98 Å². The molecule has 1 unspecified atom stereocenters. The number of rotatable bonds is 4. The van der Waals surface area contributed by atoms with E-state index >= 15 is 0 Å². The Morgan fingerprint density at radius 2 is 1.79 bits per heavy atom. The number of nitrogens with two attached hydrogens (primary N) is 2. The molecule has 1 aromatic heterocycles. The summed E-state index contributed by atoms with van der Waals surface area (Å²) in [6.07, 6.45) is 5.12. The molecule has 1 aromatic carbocycles. The van der Waals surface area contributed by atoms with Crippen LogP contribution in [0.4, 0.5) is 5.69 Å². The first-order valence-electron chi connectivity index (χ1n) is 6.55. The number of aryl methyl sites for hydroxylation is 2. The lowest BCUT2D eigenvalue weighted by Crippen LogP contribution is -2.26. The van der Waals surface area contributed by atoms with Crippen molar-refractivity contribution in [1.82, 2.24) is 4.98 Å². The Morgan fingerprint density at radius 3 is 2.42 bits per heavy atom. The van der Waals surface area contributed by atoms with Gasteiger partial charge in [0, 0.05) is 24.1 Å². The van der Waals surface area contributed by atoms with E-state index in [1.165, 1.54) is 16.7 Å². The molecule has 2 aromatic rings. The quantitative estimate of drug-likeness (QED) is 0.881. The maximum Gasteiger partial charge on any atom is 0.0378 e. The zero-order valence-corrected chi connectivity index (χ0v) is 11.6. The molecule has 0 amide bonds. The first-order chi connectivity index (χ1) is 9.04. The van der Waals surface area contributed by atoms with E-state index in [-0.39, 0.29) is 6.04 Å². The maximum absolute atomic E-state index is 6.22. The summed E-state index contributed by atoms with van der Waals surface area (Å²) in [5.74, 6) is 0. The first kappa shape index (κ1) is 13.6. The van der Waals surface area contributed by atoms with Gasteiger partial charge in [-0.25, -0.2) is 0 Å². The van der Waals surface area contributed by atoms with Crippen LogP contribution in [0.25, 0.3) is 0 Å². The fraction of sp³-hybridized carbons (Fsp3) is 0.312. The molecular weight excluding hydrogens is 234 g/mol. The van der Waals surface area contributed by atoms with E-state index in [1.54, 1.807) is 12.4 Å². The van der Waals surface area contributed by atoms with Crippen molar-refractivity contribution in [3.05, 3.63) is 58.9 Å². The summed E-state index contributed by atoms with van der Waals surface area (Å²) in [5, 5.41) is 0. The molecule has 19 heavy (non-hydrogen) atoms. The Kier molecular flexibility index (Phi) is 4.17. The van der Waals surface area contributed by atoms with Crippen molar-refractivity contribution >= 4 is 5.69 Å². The molecule has 3 heteroatoms. The molecule has 4 N–H and O–H groups in total. The van der Waals surface area contributed by atoms with Crippen LogP contribution in [0.2, 0.25) is 0 Å². The lowest BCUT2D eigenvalue weighted by Gasteiger charge is -2.14. The molecule has 0 aliphatic carbocycles. The van der Waals surface area contributed by atoms with Gasteiger partial charge < -0.3 is 11.5 Å². The van der Waals surface area contributed by atoms with Gasteiger partial charge in [-0.2, -0.15) is 0 Å². The summed E-state index contributed by atoms with van der Waals surface area (Å²) in [4.78, 5) is 4.10. The van der Waals surface area contributed by atoms with Crippen LogP contribution < -0.4 is 11.5 Å². The maximum atomic E-state index is 6.22. The van der Waals surface area contributed by atoms with Crippen molar-refractivity contribution in [3.8, 4) is 0 Å². The number of anilines is 1. The minimum absolute atomic E-state index is 0.0627. The number of hydrogen-bond donors (Lipinski definition) is 2. The highest BCUT2D eigenvalue weighted by Gasteiger charge is 2.08. The molecule has 0 saturated heterocycles. The van der Waals surface area contributed by atoms with Crippen molar-refractivity contribution in [2.75, 3.05) is 5.73 Å². The average molecular weight is 255 g/mol. The van der Waals surface area contributed by atoms with Crippen molar-refractivity contribution in [2.45, 2.75) is 32.7 Å². The van der Waals surface area contributed by atoms with Crippen LogP contribution in [-0.2, 0) is 12.8 Å². The SMILES string of the molecule is Cc1cc(C)cc(CC(N)Cc2cnccc2N)c1. The number of nitrogen functional groups attached to an aromatic ring is 1. The van der Waals surface area contributed by atoms with Crippen molar-refractivity contribution in [2.24, 2.45) is 5.73 Å². The van der Waals surface area contributed by atoms with Crippen molar-refractivity contribution in [3.63, 3.8) is 0 Å². The summed E-state index contributed by atoms with van der Waals surface area (Å²) in [5.41, 5.74) is 17.8. The van der Waals surface area contributed by atoms with Crippen LogP contribution in [0.3, 0.4) is 0 Å². The van der Waals surface area contributed by atoms with Gasteiger partial charge in [-0.05, 0) is 43.9 Å². The summed E-state index contributed by atoms with van der Waals surface area (Å²) < 4.78 is 0. The molecule has 0 saturated carbocycles. The van der Waals surface area contributed by atoms with E-state index in [2.05, 4.69) is 37.0 Å². The van der Waals surface area contributed by atoms with Crippen molar-refractivity contribution in [1.29, 1.82) is 0 Å². The summed E-state index contributed by atoms with van der Waals surface area (Å²) in [6.45, 7) is 4.22. The predicted octanol–water partition coefficient (Wildman–Crippen LogP) is 2.39. The number of pyridine rings is 1. The first-order valence-corrected chi connectivity index (χ1v) is 6.55. The third-order valence-electron chi connectivity index (χ3n) is 3.20. The number of hydrogen-bond acceptors (Lipinski definition) is 3. The van der Waals surface area contributed by atoms with Gasteiger partial charge in [-0.1, -0.05) is 29.3 Å². The van der Waals surface area contributed by atoms with Gasteiger partial charge in [-0.15, -0.1) is 0 Å². The minimum Gasteiger partial charge on any atom is -0.398 e. The third-order valence-corrected chi connectivity index (χ3v) is 3.20. The average Bonchev–Trinajstić information content (AvgIpc) is 2.30. The van der Waals surface area contributed by atoms with Gasteiger partial charge in [0.15, 0.2) is 0 Å². The standard InChI is InChI=1S/C16H21N3/c1-11-5-12(2)7-13(6-11)8-15(17)9-14-10-19-4-3-16(14)18/h3-7,10,15H,8-9,17H2,1-2H3,(H2,18,19). The Balaban J connectivity index is 2.05. The topological polar surface area (TPSA) is 64.9 Å². The highest BCUT2D eigenvalue weighted by Crippen LogP contribution is 2.15. The van der Waals surface area contributed by atoms with Crippen LogP contribution in [0.15, 0.2) is 36.7 Å². The second kappa shape index (κ2) is 5.85. The smallest absolute Gasteiger partial charge is 0.0378 e. The van der Waals surface area contributed by atoms with Crippen LogP contribution in [0, 0.1) is 13.8 Å². The predicted molar refractivity (Wildman–Crippen MR) is 79.9 cm³/mol. The number of aromatic nitrogens is 1. The van der Waals surface area contributed by atoms with E-state index in [0.29, 0.717) is 0 Å². The molecule has 0 radical (unpaired) electrons. The highest BCUT2D eigenvalue weighted by molar-refractivity contribution is 5.44. The Hall–Kier alpha value is -1.87. The fourth-order valence-corrected chi connectivity index (χ4v) is 2.45. The van der Waals surface area contributed by atoms with Crippen LogP contribution >= 0.6 is 0 Å². The molecule has 1 atom stereocenters. The number of nitrogens with zero attached hydrogens (tertiary/aromatic N) is 1. The fourth-order valence-electron chi connectivity index (χ4n) is 2.45. The van der Waals surface area contributed by atoms with E-state index < -0.39 is 0 Å². The molecule has 2 rings (SSSR count). The summed E-state index contributed by atoms with van der Waals surface area (Å²) in [6, 6.07) is 8.44. The van der Waals surface area contributed by atoms with Crippen molar-refractivity contribution < 1.29 is 0 Å². The molecule has 0 aliphatic rings. The minimum atomic E-state index is 0.0627. The molecule has 100 valence electrons. The zero-order valence-electron chi connectivity index (χ0n) is 11.6. The van der Waals surface area contributed by atoms with Crippen LogP contribution in [-0.4, -0.2) is 11.0 Å². The molecular formula is C16H21N3. The second-order valence-corrected chi connectivity index (χ2v) is 5.24. The lowest BCUT2D eigenvalue weighted by atomic mass is 9.97. The van der Waals surface area contributed by atoms with E-state index in [9.17, 15) is 0 Å². The van der Waals surface area contributed by atoms with Gasteiger partial charge in [0.1, 0.15) is 0 Å². The van der Waals surface area contributed by atoms with Gasteiger partial charge >= 0.3 is 0 Å². The Bertz CT molecular complexity index is 543. The van der Waals surface area contributed by atoms with Gasteiger partial charge in [0.2, 0.25) is 0 Å². The van der Waals surface area contributed by atoms with Gasteiger partial charge in [0.05, 0.1) is 0 Å². The van der Waals surface area contributed by atoms with Gasteiger partial charge in [0.25, 0.3) is 0 Å². The molecule has 0 spiro atoms. The molecule has 0 fully saturated rings. The Labute approximate surface area is 114 Å². The summed E-state index contributed by atoms with van der Waals surface area (Å²) in [7, 11) is 0. The monoisotopic (exact) mass is 255 g/mol. The van der Waals surface area contributed by atoms with E-state index in [4.69, 9.17) is 11.5 Å². The van der Waals surface area contributed by atoms with Crippen LogP contribution in [0.5, 0.6) is 0 Å². The lowest BCUT2D eigenvalue weighted by molar-refractivity contribution is 0.664. The zero-order chi connectivity index (χ0) is 13.8. The third kappa shape index (κ3) is 3.80. The normalized spacial score (nSPS) is 12.4. The molecule has 0 bridgehead atoms. The summed E-state index contributed by atoms with van der Waals surface area (Å²) >= 11 is 0. The molecule has 0 aliphatic heterocycles. The second-order valence-electron chi connectivity index (χ2n) is 5.24. The molecule has 1 heterocycles. The van der Waals surface area contributed by atoms with E-state index in [1.807, 2.05) is 6.07 Å².